The van der Waals surface area contributed by atoms with Crippen LogP contribution in [0.5, 0.6) is 0 Å². The molecule has 1 aromatic rings. The first-order valence-corrected chi connectivity index (χ1v) is 12.4. The number of halogens is 1. The van der Waals surface area contributed by atoms with E-state index in [2.05, 4.69) is 27.1 Å². The highest BCUT2D eigenvalue weighted by Gasteiger charge is 2.34. The van der Waals surface area contributed by atoms with E-state index in [1.165, 1.54) is 0 Å². The molecule has 1 aromatic heterocycles. The second-order valence-electron chi connectivity index (χ2n) is 10.0. The van der Waals surface area contributed by atoms with Gasteiger partial charge < -0.3 is 15.1 Å². The summed E-state index contributed by atoms with van der Waals surface area (Å²) in [6.45, 7) is 5.30. The van der Waals surface area contributed by atoms with Crippen molar-refractivity contribution in [2.75, 3.05) is 38.6 Å². The minimum atomic E-state index is -0.561. The van der Waals surface area contributed by atoms with Crippen molar-refractivity contribution in [1.82, 2.24) is 25.2 Å². The Balaban J connectivity index is 1.74. The van der Waals surface area contributed by atoms with Crippen LogP contribution in [-0.2, 0) is 22.6 Å². The van der Waals surface area contributed by atoms with Crippen LogP contribution in [0.1, 0.15) is 57.5 Å². The lowest BCUT2D eigenvalue weighted by molar-refractivity contribution is -0.155. The van der Waals surface area contributed by atoms with Gasteiger partial charge in [-0.05, 0) is 32.4 Å². The van der Waals surface area contributed by atoms with Gasteiger partial charge >= 0.3 is 0 Å². The number of hydrogen-bond acceptors (Lipinski definition) is 7. The Kier molecular flexibility index (Phi) is 9.18. The highest BCUT2D eigenvalue weighted by atomic mass is 19.1. The molecule has 0 radical (unpaired) electrons. The highest BCUT2D eigenvalue weighted by molar-refractivity contribution is 5.79. The molecule has 1 aliphatic heterocycles. The van der Waals surface area contributed by atoms with Gasteiger partial charge in [-0.2, -0.15) is 0 Å². The number of likely N-dealkylation sites (N-methyl/N-ethyl adjacent to an activating group) is 1. The number of aromatic nitrogens is 2. The fourth-order valence-corrected chi connectivity index (χ4v) is 5.31. The number of carbonyl (C=O) groups excluding carboxylic acids is 2. The van der Waals surface area contributed by atoms with Crippen LogP contribution in [0.3, 0.4) is 0 Å². The van der Waals surface area contributed by atoms with Crippen molar-refractivity contribution in [3.8, 4) is 0 Å². The zero-order valence-corrected chi connectivity index (χ0v) is 20.8. The van der Waals surface area contributed by atoms with E-state index in [0.717, 1.165) is 25.7 Å². The Bertz CT molecular complexity index is 848. The zero-order chi connectivity index (χ0) is 24.8. The molecule has 0 spiro atoms. The third kappa shape index (κ3) is 6.41. The molecule has 0 bridgehead atoms. The number of amides is 2. The number of aryl methyl sites for hydroxylation is 1. The largest absolute Gasteiger partial charge is 0.352 e. The molecule has 2 aliphatic rings. The summed E-state index contributed by atoms with van der Waals surface area (Å²) in [6.07, 6.45) is 5.80. The van der Waals surface area contributed by atoms with Gasteiger partial charge in [0.05, 0.1) is 19.0 Å². The number of rotatable bonds is 11. The van der Waals surface area contributed by atoms with Crippen LogP contribution in [-0.4, -0.2) is 77.2 Å². The van der Waals surface area contributed by atoms with E-state index >= 15 is 4.39 Å². The molecule has 0 unspecified atom stereocenters. The number of carbonyl (C=O) groups is 2. The Hall–Kier alpha value is -2.33. The molecule has 1 saturated heterocycles. The summed E-state index contributed by atoms with van der Waals surface area (Å²) in [5, 5.41) is 13.0. The molecule has 2 heterocycles. The normalized spacial score (nSPS) is 21.8. The Morgan fingerprint density at radius 3 is 2.59 bits per heavy atom. The number of hydrogen-bond donors (Lipinski definition) is 2. The molecule has 9 nitrogen and oxygen atoms in total. The molecule has 2 amide bonds. The first-order valence-electron chi connectivity index (χ1n) is 12.4. The number of nitrogens with one attached hydrogen (secondary N) is 1. The third-order valence-corrected chi connectivity index (χ3v) is 7.22. The molecule has 1 aliphatic carbocycles. The smallest absolute Gasteiger partial charge is 0.233 e. The summed E-state index contributed by atoms with van der Waals surface area (Å²) in [4.78, 5) is 36.8. The summed E-state index contributed by atoms with van der Waals surface area (Å²) >= 11 is 0. The van der Waals surface area contributed by atoms with Gasteiger partial charge in [-0.3, -0.25) is 14.8 Å². The predicted molar refractivity (Wildman–Crippen MR) is 127 cm³/mol. The van der Waals surface area contributed by atoms with Gasteiger partial charge in [0.1, 0.15) is 11.5 Å². The molecule has 190 valence electrons. The first kappa shape index (κ1) is 26.3. The van der Waals surface area contributed by atoms with Crippen LogP contribution >= 0.6 is 0 Å². The zero-order valence-electron chi connectivity index (χ0n) is 20.8. The summed E-state index contributed by atoms with van der Waals surface area (Å²) in [6, 6.07) is 0.304. The Morgan fingerprint density at radius 2 is 2.00 bits per heavy atom. The molecular formula is C24H39FN6O3. The Labute approximate surface area is 201 Å². The fraction of sp³-hybridized carbons (Fsp3) is 0.750. The highest BCUT2D eigenvalue weighted by Crippen LogP contribution is 2.31. The molecule has 34 heavy (non-hydrogen) atoms. The van der Waals surface area contributed by atoms with Crippen molar-refractivity contribution in [3.63, 3.8) is 0 Å². The fourth-order valence-electron chi connectivity index (χ4n) is 5.31. The van der Waals surface area contributed by atoms with Gasteiger partial charge in [-0.1, -0.05) is 39.5 Å². The molecule has 2 N–H and O–H groups in total. The average Bonchev–Trinajstić information content (AvgIpc) is 3.47. The van der Waals surface area contributed by atoms with Crippen molar-refractivity contribution in [2.45, 2.75) is 65.0 Å². The SMILES string of the molecule is CCc1nc(CNC(=O)[C@H](CC2CCCC2)CN(O)C=O)c(F)c(N2C[C@@H](C)[C@H](N(C)C)C2)n1. The maximum Gasteiger partial charge on any atom is 0.233 e. The topological polar surface area (TPSA) is 102 Å². The minimum Gasteiger partial charge on any atom is -0.352 e. The maximum absolute atomic E-state index is 15.5. The van der Waals surface area contributed by atoms with Gasteiger partial charge in [0, 0.05) is 25.6 Å². The Morgan fingerprint density at radius 1 is 1.29 bits per heavy atom. The second kappa shape index (κ2) is 11.9. The lowest BCUT2D eigenvalue weighted by Gasteiger charge is -2.24. The standard InChI is InChI=1S/C24H39FN6O3/c1-5-21-27-19(22(25)23(28-21)30-12-16(2)20(14-30)29(3)4)11-26-24(33)18(13-31(34)15-32)10-17-8-6-7-9-17/h15-18,20,34H,5-14H2,1-4H3,(H,26,33)/t16-,18-,20-/m1/s1. The van der Waals surface area contributed by atoms with Crippen molar-refractivity contribution in [2.24, 2.45) is 17.8 Å². The van der Waals surface area contributed by atoms with Crippen LogP contribution in [0.15, 0.2) is 0 Å². The molecule has 3 atom stereocenters. The van der Waals surface area contributed by atoms with E-state index < -0.39 is 11.7 Å². The van der Waals surface area contributed by atoms with Crippen molar-refractivity contribution in [3.05, 3.63) is 17.3 Å². The van der Waals surface area contributed by atoms with Crippen LogP contribution in [0, 0.1) is 23.6 Å². The van der Waals surface area contributed by atoms with Crippen LogP contribution in [0.25, 0.3) is 0 Å². The third-order valence-electron chi connectivity index (χ3n) is 7.22. The van der Waals surface area contributed by atoms with E-state index in [1.54, 1.807) is 0 Å². The van der Waals surface area contributed by atoms with E-state index in [1.807, 2.05) is 25.9 Å². The summed E-state index contributed by atoms with van der Waals surface area (Å²) in [5.41, 5.74) is 0.159. The van der Waals surface area contributed by atoms with E-state index in [0.29, 0.717) is 61.1 Å². The molecule has 10 heteroatoms. The summed E-state index contributed by atoms with van der Waals surface area (Å²) < 4.78 is 15.5. The van der Waals surface area contributed by atoms with Crippen molar-refractivity contribution >= 4 is 18.1 Å². The van der Waals surface area contributed by atoms with Crippen LogP contribution in [0.4, 0.5) is 10.2 Å². The number of nitrogens with zero attached hydrogens (tertiary/aromatic N) is 5. The first-order chi connectivity index (χ1) is 16.2. The summed E-state index contributed by atoms with van der Waals surface area (Å²) in [5.74, 6) is 0.207. The summed E-state index contributed by atoms with van der Waals surface area (Å²) in [7, 11) is 4.05. The second-order valence-corrected chi connectivity index (χ2v) is 10.0. The van der Waals surface area contributed by atoms with Gasteiger partial charge in [-0.15, -0.1) is 0 Å². The average molecular weight is 479 g/mol. The van der Waals surface area contributed by atoms with Crippen molar-refractivity contribution in [1.29, 1.82) is 0 Å². The molecule has 1 saturated carbocycles. The predicted octanol–water partition coefficient (Wildman–Crippen LogP) is 2.22. The molecule has 3 rings (SSSR count). The van der Waals surface area contributed by atoms with E-state index in [9.17, 15) is 14.8 Å². The number of hydroxylamine groups is 2. The molecule has 0 aromatic carbocycles. The molecular weight excluding hydrogens is 439 g/mol. The van der Waals surface area contributed by atoms with E-state index in [4.69, 9.17) is 0 Å². The minimum absolute atomic E-state index is 0.0681. The van der Waals surface area contributed by atoms with Crippen molar-refractivity contribution < 1.29 is 19.2 Å². The van der Waals surface area contributed by atoms with Crippen LogP contribution in [0.2, 0.25) is 0 Å². The molecule has 2 fully saturated rings. The lowest BCUT2D eigenvalue weighted by Crippen LogP contribution is -2.38. The van der Waals surface area contributed by atoms with E-state index in [-0.39, 0.29) is 30.5 Å². The maximum atomic E-state index is 15.5. The van der Waals surface area contributed by atoms with Gasteiger partial charge in [0.15, 0.2) is 11.6 Å². The monoisotopic (exact) mass is 478 g/mol. The van der Waals surface area contributed by atoms with Gasteiger partial charge in [0.25, 0.3) is 0 Å². The lowest BCUT2D eigenvalue weighted by atomic mass is 9.92. The van der Waals surface area contributed by atoms with Gasteiger partial charge in [-0.25, -0.2) is 19.4 Å². The quantitative estimate of drug-likeness (QED) is 0.286. The van der Waals surface area contributed by atoms with Gasteiger partial charge in [0.2, 0.25) is 12.3 Å². The van der Waals surface area contributed by atoms with Crippen LogP contribution < -0.4 is 10.2 Å². The number of anilines is 1.